The number of thiazole rings is 1. The molecule has 4 nitrogen and oxygen atoms in total. The van der Waals surface area contributed by atoms with Crippen LogP contribution in [0.3, 0.4) is 0 Å². The molecular weight excluding hydrogens is 272 g/mol. The Kier molecular flexibility index (Phi) is 4.52. The molecule has 106 valence electrons. The lowest BCUT2D eigenvalue weighted by molar-refractivity contribution is -0.148. The van der Waals surface area contributed by atoms with Gasteiger partial charge in [-0.2, -0.15) is 0 Å². The highest BCUT2D eigenvalue weighted by atomic mass is 32.1. The molecule has 1 unspecified atom stereocenters. The van der Waals surface area contributed by atoms with Gasteiger partial charge in [-0.15, -0.1) is 11.3 Å². The number of benzene rings is 1. The summed E-state index contributed by atoms with van der Waals surface area (Å²) in [6.07, 6.45) is 1.75. The number of carboxylic acids is 1. The van der Waals surface area contributed by atoms with Crippen LogP contribution in [0.1, 0.15) is 30.5 Å². The fraction of sp³-hybridized carbons (Fsp3) is 0.333. The predicted molar refractivity (Wildman–Crippen MR) is 79.6 cm³/mol. The van der Waals surface area contributed by atoms with E-state index < -0.39 is 11.4 Å². The highest BCUT2D eigenvalue weighted by molar-refractivity contribution is 7.09. The molecular formula is C15H18N2O2S. The minimum atomic E-state index is -0.904. The number of nitrogens with one attached hydrogen (secondary N) is 1. The van der Waals surface area contributed by atoms with Crippen LogP contribution in [0.25, 0.3) is 0 Å². The van der Waals surface area contributed by atoms with Gasteiger partial charge in [-0.05, 0) is 19.4 Å². The smallest absolute Gasteiger partial charge is 0.311 e. The van der Waals surface area contributed by atoms with Crippen LogP contribution in [0.4, 0.5) is 0 Å². The third kappa shape index (κ3) is 3.23. The van der Waals surface area contributed by atoms with Gasteiger partial charge >= 0.3 is 5.97 Å². The lowest BCUT2D eigenvalue weighted by Gasteiger charge is -2.31. The van der Waals surface area contributed by atoms with E-state index in [1.54, 1.807) is 31.4 Å². The maximum Gasteiger partial charge on any atom is 0.311 e. The van der Waals surface area contributed by atoms with Gasteiger partial charge in [0.2, 0.25) is 0 Å². The Labute approximate surface area is 122 Å². The molecule has 2 rings (SSSR count). The highest BCUT2D eigenvalue weighted by Crippen LogP contribution is 2.34. The first-order valence-electron chi connectivity index (χ1n) is 6.42. The third-order valence-corrected chi connectivity index (χ3v) is 4.13. The number of carboxylic acid groups (broad SMARTS) is 1. The van der Waals surface area contributed by atoms with E-state index in [0.717, 1.165) is 10.6 Å². The fourth-order valence-electron chi connectivity index (χ4n) is 2.09. The predicted octanol–water partition coefficient (Wildman–Crippen LogP) is 3.08. The lowest BCUT2D eigenvalue weighted by Crippen LogP contribution is -2.39. The first-order chi connectivity index (χ1) is 9.51. The van der Waals surface area contributed by atoms with E-state index >= 15 is 0 Å². The van der Waals surface area contributed by atoms with Gasteiger partial charge in [-0.25, -0.2) is 4.98 Å². The standard InChI is InChI=1S/C15H18N2O2S/c1-15(2,14(18)19)13(11-6-4-3-5-7-11)17-10-12-16-8-9-20-12/h3-9,13,17H,10H2,1-2H3,(H,18,19). The Morgan fingerprint density at radius 1 is 1.40 bits per heavy atom. The molecule has 1 aromatic heterocycles. The SMILES string of the molecule is CC(C)(C(=O)O)C(NCc1nccs1)c1ccccc1. The Bertz CT molecular complexity index is 553. The zero-order chi connectivity index (χ0) is 14.6. The van der Waals surface area contributed by atoms with Crippen LogP contribution in [-0.2, 0) is 11.3 Å². The average molecular weight is 290 g/mol. The maximum atomic E-state index is 11.5. The van der Waals surface area contributed by atoms with Crippen LogP contribution in [0.15, 0.2) is 41.9 Å². The van der Waals surface area contributed by atoms with Crippen molar-refractivity contribution >= 4 is 17.3 Å². The van der Waals surface area contributed by atoms with Crippen LogP contribution >= 0.6 is 11.3 Å². The Balaban J connectivity index is 2.23. The van der Waals surface area contributed by atoms with Crippen molar-refractivity contribution in [3.63, 3.8) is 0 Å². The summed E-state index contributed by atoms with van der Waals surface area (Å²) >= 11 is 1.56. The zero-order valence-corrected chi connectivity index (χ0v) is 12.4. The molecule has 1 aromatic carbocycles. The molecule has 2 aromatic rings. The molecule has 0 radical (unpaired) electrons. The minimum Gasteiger partial charge on any atom is -0.481 e. The number of rotatable bonds is 6. The summed E-state index contributed by atoms with van der Waals surface area (Å²) in [5.41, 5.74) is 0.0648. The van der Waals surface area contributed by atoms with Crippen molar-refractivity contribution in [2.75, 3.05) is 0 Å². The van der Waals surface area contributed by atoms with Crippen molar-refractivity contribution in [1.82, 2.24) is 10.3 Å². The van der Waals surface area contributed by atoms with Gasteiger partial charge in [0.25, 0.3) is 0 Å². The minimum absolute atomic E-state index is 0.273. The monoisotopic (exact) mass is 290 g/mol. The van der Waals surface area contributed by atoms with Crippen LogP contribution in [0, 0.1) is 5.41 Å². The summed E-state index contributed by atoms with van der Waals surface area (Å²) in [4.78, 5) is 15.8. The summed E-state index contributed by atoms with van der Waals surface area (Å²) in [5.74, 6) is -0.821. The van der Waals surface area contributed by atoms with Crippen LogP contribution in [0.5, 0.6) is 0 Å². The van der Waals surface area contributed by atoms with Gasteiger partial charge in [0.15, 0.2) is 0 Å². The molecule has 0 bridgehead atoms. The summed E-state index contributed by atoms with van der Waals surface area (Å²) in [6, 6.07) is 9.39. The van der Waals surface area contributed by atoms with Gasteiger partial charge in [0, 0.05) is 24.2 Å². The number of nitrogens with zero attached hydrogens (tertiary/aromatic N) is 1. The quantitative estimate of drug-likeness (QED) is 0.858. The van der Waals surface area contributed by atoms with E-state index in [9.17, 15) is 9.90 Å². The van der Waals surface area contributed by atoms with Crippen LogP contribution in [0.2, 0.25) is 0 Å². The summed E-state index contributed by atoms with van der Waals surface area (Å²) < 4.78 is 0. The van der Waals surface area contributed by atoms with Gasteiger partial charge in [-0.3, -0.25) is 4.79 Å². The van der Waals surface area contributed by atoms with Gasteiger partial charge in [0.05, 0.1) is 5.41 Å². The second-order valence-corrected chi connectivity index (χ2v) is 6.16. The van der Waals surface area contributed by atoms with Crippen molar-refractivity contribution in [1.29, 1.82) is 0 Å². The number of carbonyl (C=O) groups is 1. The second kappa shape index (κ2) is 6.15. The van der Waals surface area contributed by atoms with E-state index in [2.05, 4.69) is 10.3 Å². The molecule has 0 aliphatic carbocycles. The highest BCUT2D eigenvalue weighted by Gasteiger charge is 2.37. The molecule has 0 aliphatic rings. The van der Waals surface area contributed by atoms with E-state index in [0.29, 0.717) is 6.54 Å². The molecule has 2 N–H and O–H groups in total. The molecule has 1 heterocycles. The number of hydrogen-bond donors (Lipinski definition) is 2. The van der Waals surface area contributed by atoms with E-state index in [-0.39, 0.29) is 6.04 Å². The number of aliphatic carboxylic acids is 1. The normalized spacial score (nSPS) is 13.1. The second-order valence-electron chi connectivity index (χ2n) is 5.18. The van der Waals surface area contributed by atoms with Crippen LogP contribution < -0.4 is 5.32 Å². The molecule has 0 saturated carbocycles. The van der Waals surface area contributed by atoms with E-state index in [1.807, 2.05) is 35.7 Å². The van der Waals surface area contributed by atoms with Crippen molar-refractivity contribution in [2.45, 2.75) is 26.4 Å². The largest absolute Gasteiger partial charge is 0.481 e. The lowest BCUT2D eigenvalue weighted by atomic mass is 9.80. The summed E-state index contributed by atoms with van der Waals surface area (Å²) in [5, 5.41) is 15.7. The van der Waals surface area contributed by atoms with E-state index in [4.69, 9.17) is 0 Å². The molecule has 0 aliphatic heterocycles. The van der Waals surface area contributed by atoms with Crippen molar-refractivity contribution < 1.29 is 9.90 Å². The molecule has 0 amide bonds. The van der Waals surface area contributed by atoms with Gasteiger partial charge in [0.1, 0.15) is 5.01 Å². The molecule has 0 saturated heterocycles. The number of aromatic nitrogens is 1. The van der Waals surface area contributed by atoms with Crippen molar-refractivity contribution in [3.8, 4) is 0 Å². The molecule has 0 fully saturated rings. The Hall–Kier alpha value is -1.72. The van der Waals surface area contributed by atoms with Crippen molar-refractivity contribution in [3.05, 3.63) is 52.5 Å². The molecule has 1 atom stereocenters. The summed E-state index contributed by atoms with van der Waals surface area (Å²) in [6.45, 7) is 4.04. The van der Waals surface area contributed by atoms with Crippen molar-refractivity contribution in [2.24, 2.45) is 5.41 Å². The third-order valence-electron chi connectivity index (χ3n) is 3.35. The van der Waals surface area contributed by atoms with Gasteiger partial charge < -0.3 is 10.4 Å². The maximum absolute atomic E-state index is 11.5. The topological polar surface area (TPSA) is 62.2 Å². The Morgan fingerprint density at radius 3 is 2.65 bits per heavy atom. The fourth-order valence-corrected chi connectivity index (χ4v) is 2.66. The zero-order valence-electron chi connectivity index (χ0n) is 11.5. The number of hydrogen-bond acceptors (Lipinski definition) is 4. The van der Waals surface area contributed by atoms with Gasteiger partial charge in [-0.1, -0.05) is 30.3 Å². The van der Waals surface area contributed by atoms with E-state index in [1.165, 1.54) is 0 Å². The first kappa shape index (κ1) is 14.7. The molecule has 20 heavy (non-hydrogen) atoms. The van der Waals surface area contributed by atoms with Crippen LogP contribution in [-0.4, -0.2) is 16.1 Å². The average Bonchev–Trinajstić information content (AvgIpc) is 2.93. The summed E-state index contributed by atoms with van der Waals surface area (Å²) in [7, 11) is 0. The first-order valence-corrected chi connectivity index (χ1v) is 7.30. The molecule has 0 spiro atoms. The molecule has 5 heteroatoms. The Morgan fingerprint density at radius 2 is 2.10 bits per heavy atom.